The smallest absolute Gasteiger partial charge is 0.322 e. The Morgan fingerprint density at radius 3 is 2.50 bits per heavy atom. The van der Waals surface area contributed by atoms with E-state index in [4.69, 9.17) is 9.26 Å². The number of aromatic hydroxyl groups is 1. The molecule has 182 valence electrons. The van der Waals surface area contributed by atoms with Crippen molar-refractivity contribution in [2.24, 2.45) is 0 Å². The molecule has 0 saturated carbocycles. The van der Waals surface area contributed by atoms with Crippen molar-refractivity contribution in [2.45, 2.75) is 26.4 Å². The van der Waals surface area contributed by atoms with Crippen LogP contribution in [0.4, 0.5) is 4.79 Å². The Labute approximate surface area is 208 Å². The predicted octanol–water partition coefficient (Wildman–Crippen LogP) is 5.46. The quantitative estimate of drug-likeness (QED) is 0.379. The van der Waals surface area contributed by atoms with Gasteiger partial charge < -0.3 is 19.7 Å². The summed E-state index contributed by atoms with van der Waals surface area (Å²) in [5.74, 6) is 1.06. The normalized spacial score (nSPS) is 15.7. The fraction of sp³-hybridized carbons (Fsp3) is 0.179. The minimum atomic E-state index is -0.618. The number of methoxy groups -OCH3 is 1. The highest BCUT2D eigenvalue weighted by Crippen LogP contribution is 2.40. The Hall–Kier alpha value is -4.59. The van der Waals surface area contributed by atoms with Gasteiger partial charge in [-0.2, -0.15) is 4.98 Å². The summed E-state index contributed by atoms with van der Waals surface area (Å²) >= 11 is 0. The summed E-state index contributed by atoms with van der Waals surface area (Å²) < 4.78 is 10.9. The highest BCUT2D eigenvalue weighted by atomic mass is 16.5. The second-order valence-electron chi connectivity index (χ2n) is 8.67. The number of urea groups is 1. The molecule has 8 nitrogen and oxygen atoms in total. The molecule has 0 spiro atoms. The molecular formula is C28H26N4O4. The molecule has 36 heavy (non-hydrogen) atoms. The van der Waals surface area contributed by atoms with Crippen LogP contribution >= 0.6 is 0 Å². The van der Waals surface area contributed by atoms with Crippen LogP contribution in [-0.2, 0) is 6.54 Å². The van der Waals surface area contributed by atoms with Gasteiger partial charge in [-0.15, -0.1) is 0 Å². The van der Waals surface area contributed by atoms with E-state index in [1.165, 1.54) is 7.11 Å². The number of hydrogen-bond donors (Lipinski definition) is 2. The van der Waals surface area contributed by atoms with Crippen LogP contribution in [0.1, 0.15) is 35.5 Å². The van der Waals surface area contributed by atoms with Gasteiger partial charge in [-0.3, -0.25) is 4.90 Å². The van der Waals surface area contributed by atoms with Crippen LogP contribution in [0, 0.1) is 6.92 Å². The lowest BCUT2D eigenvalue weighted by molar-refractivity contribution is 0.203. The minimum absolute atomic E-state index is 0.0289. The number of rotatable bonds is 6. The number of allylic oxidation sites excluding steroid dienone is 1. The van der Waals surface area contributed by atoms with Gasteiger partial charge in [-0.25, -0.2) is 4.79 Å². The van der Waals surface area contributed by atoms with Crippen molar-refractivity contribution in [1.29, 1.82) is 0 Å². The Balaban J connectivity index is 1.60. The third-order valence-electron chi connectivity index (χ3n) is 6.28. The second-order valence-corrected chi connectivity index (χ2v) is 8.67. The number of hydrogen-bond acceptors (Lipinski definition) is 6. The highest BCUT2D eigenvalue weighted by Gasteiger charge is 2.36. The molecule has 2 amide bonds. The first-order valence-corrected chi connectivity index (χ1v) is 11.6. The molecule has 2 heterocycles. The molecule has 3 aromatic carbocycles. The van der Waals surface area contributed by atoms with Crippen molar-refractivity contribution in [3.8, 4) is 22.9 Å². The number of ether oxygens (including phenoxy) is 1. The van der Waals surface area contributed by atoms with Gasteiger partial charge in [0, 0.05) is 11.3 Å². The fourth-order valence-corrected chi connectivity index (χ4v) is 4.30. The molecule has 2 N–H and O–H groups in total. The molecule has 1 aliphatic heterocycles. The van der Waals surface area contributed by atoms with Gasteiger partial charge in [-0.05, 0) is 37.1 Å². The molecule has 1 aromatic heterocycles. The number of phenolic OH excluding ortho intramolecular Hbond substituents is 1. The van der Waals surface area contributed by atoms with Crippen LogP contribution in [0.15, 0.2) is 83.0 Å². The molecule has 8 heteroatoms. The van der Waals surface area contributed by atoms with Crippen molar-refractivity contribution in [3.63, 3.8) is 0 Å². The number of aryl methyl sites for hydroxylation is 1. The zero-order chi connectivity index (χ0) is 25.2. The standard InChI is InChI=1S/C28H26N4O4/c1-17-9-11-20(12-10-17)26-30-27(36-31-26)24-18(2)32(16-19-7-5-4-6-8-19)28(34)29-25(24)21-13-14-23(35-3)22(33)15-21/h4-15,25,33H,16H2,1-3H3,(H,29,34). The van der Waals surface area contributed by atoms with E-state index in [2.05, 4.69) is 15.5 Å². The summed E-state index contributed by atoms with van der Waals surface area (Å²) in [4.78, 5) is 19.6. The number of phenols is 1. The third kappa shape index (κ3) is 4.40. The first-order valence-electron chi connectivity index (χ1n) is 11.6. The molecule has 0 saturated heterocycles. The Morgan fingerprint density at radius 1 is 1.06 bits per heavy atom. The Morgan fingerprint density at radius 2 is 1.81 bits per heavy atom. The van der Waals surface area contributed by atoms with Gasteiger partial charge in [-0.1, -0.05) is 71.4 Å². The maximum atomic E-state index is 13.3. The van der Waals surface area contributed by atoms with E-state index in [0.717, 1.165) is 16.7 Å². The van der Waals surface area contributed by atoms with Crippen molar-refractivity contribution in [2.75, 3.05) is 7.11 Å². The lowest BCUT2D eigenvalue weighted by Gasteiger charge is -2.35. The molecule has 0 fully saturated rings. The van der Waals surface area contributed by atoms with Crippen LogP contribution in [0.2, 0.25) is 0 Å². The van der Waals surface area contributed by atoms with E-state index in [1.54, 1.807) is 23.1 Å². The summed E-state index contributed by atoms with van der Waals surface area (Å²) in [7, 11) is 1.49. The zero-order valence-electron chi connectivity index (χ0n) is 20.2. The van der Waals surface area contributed by atoms with Gasteiger partial charge in [0.2, 0.25) is 5.82 Å². The predicted molar refractivity (Wildman–Crippen MR) is 135 cm³/mol. The molecule has 1 atom stereocenters. The van der Waals surface area contributed by atoms with Crippen molar-refractivity contribution < 1.29 is 19.2 Å². The monoisotopic (exact) mass is 482 g/mol. The molecule has 0 aliphatic carbocycles. The molecule has 1 unspecified atom stereocenters. The summed E-state index contributed by atoms with van der Waals surface area (Å²) in [5, 5.41) is 17.7. The SMILES string of the molecule is COc1ccc(C2NC(=O)N(Cc3ccccc3)C(C)=C2c2nc(-c3ccc(C)cc3)no2)cc1O. The minimum Gasteiger partial charge on any atom is -0.504 e. The number of aromatic nitrogens is 2. The number of amides is 2. The molecule has 5 rings (SSSR count). The van der Waals surface area contributed by atoms with Crippen LogP contribution in [0.25, 0.3) is 17.0 Å². The van der Waals surface area contributed by atoms with E-state index in [-0.39, 0.29) is 11.8 Å². The Bertz CT molecular complexity index is 1430. The molecule has 0 bridgehead atoms. The number of benzene rings is 3. The molecule has 0 radical (unpaired) electrons. The summed E-state index contributed by atoms with van der Waals surface area (Å²) in [5.41, 5.74) is 4.94. The van der Waals surface area contributed by atoms with Crippen LogP contribution in [-0.4, -0.2) is 33.3 Å². The lowest BCUT2D eigenvalue weighted by atomic mass is 9.94. The van der Waals surface area contributed by atoms with Gasteiger partial charge in [0.05, 0.1) is 25.3 Å². The number of nitrogens with one attached hydrogen (secondary N) is 1. The van der Waals surface area contributed by atoms with E-state index >= 15 is 0 Å². The van der Waals surface area contributed by atoms with Crippen molar-refractivity contribution >= 4 is 11.6 Å². The van der Waals surface area contributed by atoms with E-state index in [9.17, 15) is 9.90 Å². The molecule has 4 aromatic rings. The van der Waals surface area contributed by atoms with Crippen LogP contribution in [0.5, 0.6) is 11.5 Å². The van der Waals surface area contributed by atoms with Gasteiger partial charge in [0.25, 0.3) is 5.89 Å². The summed E-state index contributed by atoms with van der Waals surface area (Å²) in [6, 6.07) is 21.7. The number of carbonyl (C=O) groups is 1. The van der Waals surface area contributed by atoms with Crippen molar-refractivity contribution in [3.05, 3.63) is 101 Å². The van der Waals surface area contributed by atoms with E-state index in [0.29, 0.717) is 40.8 Å². The van der Waals surface area contributed by atoms with Gasteiger partial charge in [0.1, 0.15) is 0 Å². The maximum absolute atomic E-state index is 13.3. The van der Waals surface area contributed by atoms with Crippen LogP contribution in [0.3, 0.4) is 0 Å². The second kappa shape index (κ2) is 9.58. The number of carbonyl (C=O) groups excluding carboxylic acids is 1. The lowest BCUT2D eigenvalue weighted by Crippen LogP contribution is -2.45. The molecular weight excluding hydrogens is 456 g/mol. The van der Waals surface area contributed by atoms with Gasteiger partial charge in [0.15, 0.2) is 11.5 Å². The van der Waals surface area contributed by atoms with Crippen molar-refractivity contribution in [1.82, 2.24) is 20.4 Å². The average Bonchev–Trinajstić information content (AvgIpc) is 3.37. The number of nitrogens with zero attached hydrogens (tertiary/aromatic N) is 3. The van der Waals surface area contributed by atoms with E-state index < -0.39 is 6.04 Å². The topological polar surface area (TPSA) is 101 Å². The highest BCUT2D eigenvalue weighted by molar-refractivity contribution is 5.87. The summed E-state index contributed by atoms with van der Waals surface area (Å²) in [6.45, 7) is 4.26. The Kier molecular flexibility index (Phi) is 6.16. The summed E-state index contributed by atoms with van der Waals surface area (Å²) in [6.07, 6.45) is 0. The van der Waals surface area contributed by atoms with Gasteiger partial charge >= 0.3 is 6.03 Å². The average molecular weight is 483 g/mol. The van der Waals surface area contributed by atoms with E-state index in [1.807, 2.05) is 68.4 Å². The first-order chi connectivity index (χ1) is 17.4. The zero-order valence-corrected chi connectivity index (χ0v) is 20.2. The van der Waals surface area contributed by atoms with Crippen LogP contribution < -0.4 is 10.1 Å². The largest absolute Gasteiger partial charge is 0.504 e. The first kappa shape index (κ1) is 23.2. The third-order valence-corrected chi connectivity index (χ3v) is 6.28. The fourth-order valence-electron chi connectivity index (χ4n) is 4.30. The molecule has 1 aliphatic rings. The maximum Gasteiger partial charge on any atom is 0.322 e.